The Bertz CT molecular complexity index is 606. The SMILES string of the molecule is CCCCCCc1cnc(-c2ccc(CCC(=O)O)cc2)nc1. The molecular formula is C19H24N2O2. The number of aromatic nitrogens is 2. The van der Waals surface area contributed by atoms with Gasteiger partial charge in [0.2, 0.25) is 0 Å². The van der Waals surface area contributed by atoms with Crippen LogP contribution in [0.25, 0.3) is 11.4 Å². The van der Waals surface area contributed by atoms with E-state index in [1.807, 2.05) is 36.7 Å². The van der Waals surface area contributed by atoms with Gasteiger partial charge in [0.05, 0.1) is 0 Å². The van der Waals surface area contributed by atoms with Crippen LogP contribution in [0.15, 0.2) is 36.7 Å². The van der Waals surface area contributed by atoms with Crippen LogP contribution in [0.2, 0.25) is 0 Å². The van der Waals surface area contributed by atoms with Crippen molar-refractivity contribution >= 4 is 5.97 Å². The molecular weight excluding hydrogens is 288 g/mol. The molecule has 1 aromatic heterocycles. The molecule has 1 N–H and O–H groups in total. The Hall–Kier alpha value is -2.23. The van der Waals surface area contributed by atoms with Crippen LogP contribution in [0.3, 0.4) is 0 Å². The Labute approximate surface area is 137 Å². The van der Waals surface area contributed by atoms with Gasteiger partial charge in [-0.05, 0) is 30.4 Å². The first-order chi connectivity index (χ1) is 11.2. The topological polar surface area (TPSA) is 63.1 Å². The van der Waals surface area contributed by atoms with Gasteiger partial charge in [-0.2, -0.15) is 0 Å². The third kappa shape index (κ3) is 5.81. The van der Waals surface area contributed by atoms with Gasteiger partial charge in [-0.3, -0.25) is 4.79 Å². The number of unbranched alkanes of at least 4 members (excludes halogenated alkanes) is 3. The van der Waals surface area contributed by atoms with Gasteiger partial charge in [0, 0.05) is 24.4 Å². The summed E-state index contributed by atoms with van der Waals surface area (Å²) in [5.74, 6) is -0.0565. The summed E-state index contributed by atoms with van der Waals surface area (Å²) in [4.78, 5) is 19.5. The average Bonchev–Trinajstić information content (AvgIpc) is 2.58. The molecule has 0 fully saturated rings. The average molecular weight is 312 g/mol. The van der Waals surface area contributed by atoms with Crippen LogP contribution in [0.4, 0.5) is 0 Å². The summed E-state index contributed by atoms with van der Waals surface area (Å²) in [7, 11) is 0. The predicted molar refractivity (Wildman–Crippen MR) is 91.3 cm³/mol. The van der Waals surface area contributed by atoms with Crippen LogP contribution >= 0.6 is 0 Å². The second-order valence-electron chi connectivity index (χ2n) is 5.82. The largest absolute Gasteiger partial charge is 0.481 e. The van der Waals surface area contributed by atoms with Gasteiger partial charge >= 0.3 is 5.97 Å². The summed E-state index contributed by atoms with van der Waals surface area (Å²) in [6, 6.07) is 7.79. The molecule has 0 amide bonds. The van der Waals surface area contributed by atoms with Crippen LogP contribution in [0.5, 0.6) is 0 Å². The Morgan fingerprint density at radius 2 is 1.65 bits per heavy atom. The number of hydrogen-bond acceptors (Lipinski definition) is 3. The molecule has 0 spiro atoms. The van der Waals surface area contributed by atoms with Crippen LogP contribution in [0, 0.1) is 0 Å². The van der Waals surface area contributed by atoms with Crippen molar-refractivity contribution in [2.75, 3.05) is 0 Å². The van der Waals surface area contributed by atoms with Crippen LogP contribution in [-0.4, -0.2) is 21.0 Å². The highest BCUT2D eigenvalue weighted by Gasteiger charge is 2.03. The molecule has 2 rings (SSSR count). The van der Waals surface area contributed by atoms with Crippen molar-refractivity contribution in [2.24, 2.45) is 0 Å². The minimum Gasteiger partial charge on any atom is -0.481 e. The van der Waals surface area contributed by atoms with E-state index < -0.39 is 5.97 Å². The summed E-state index contributed by atoms with van der Waals surface area (Å²) in [6.07, 6.45) is 10.5. The maximum Gasteiger partial charge on any atom is 0.303 e. The highest BCUT2D eigenvalue weighted by atomic mass is 16.4. The minimum absolute atomic E-state index is 0.155. The van der Waals surface area contributed by atoms with Crippen molar-refractivity contribution in [1.82, 2.24) is 9.97 Å². The minimum atomic E-state index is -0.771. The zero-order valence-electron chi connectivity index (χ0n) is 13.7. The molecule has 23 heavy (non-hydrogen) atoms. The van der Waals surface area contributed by atoms with Crippen molar-refractivity contribution in [3.63, 3.8) is 0 Å². The molecule has 122 valence electrons. The molecule has 0 saturated carbocycles. The lowest BCUT2D eigenvalue weighted by Crippen LogP contribution is -1.97. The van der Waals surface area contributed by atoms with E-state index in [0.717, 1.165) is 17.5 Å². The standard InChI is InChI=1S/C19H24N2O2/c1-2-3-4-5-6-16-13-20-19(21-14-16)17-10-7-15(8-11-17)9-12-18(22)23/h7-8,10-11,13-14H,2-6,9,12H2,1H3,(H,22,23). The molecule has 0 atom stereocenters. The fourth-order valence-electron chi connectivity index (χ4n) is 2.46. The van der Waals surface area contributed by atoms with Gasteiger partial charge in [0.25, 0.3) is 0 Å². The monoisotopic (exact) mass is 312 g/mol. The van der Waals surface area contributed by atoms with E-state index in [0.29, 0.717) is 12.2 Å². The number of hydrogen-bond donors (Lipinski definition) is 1. The van der Waals surface area contributed by atoms with E-state index in [1.165, 1.54) is 31.2 Å². The van der Waals surface area contributed by atoms with Crippen LogP contribution < -0.4 is 0 Å². The third-order valence-electron chi connectivity index (χ3n) is 3.86. The molecule has 0 aliphatic carbocycles. The number of aryl methyl sites for hydroxylation is 2. The van der Waals surface area contributed by atoms with Crippen molar-refractivity contribution in [3.8, 4) is 11.4 Å². The van der Waals surface area contributed by atoms with Gasteiger partial charge in [-0.15, -0.1) is 0 Å². The molecule has 0 aliphatic rings. The van der Waals surface area contributed by atoms with E-state index in [1.54, 1.807) is 0 Å². The number of carbonyl (C=O) groups is 1. The van der Waals surface area contributed by atoms with Crippen molar-refractivity contribution in [1.29, 1.82) is 0 Å². The molecule has 0 radical (unpaired) electrons. The molecule has 0 saturated heterocycles. The van der Waals surface area contributed by atoms with Gasteiger partial charge in [-0.25, -0.2) is 9.97 Å². The van der Waals surface area contributed by atoms with Gasteiger partial charge in [-0.1, -0.05) is 50.5 Å². The predicted octanol–water partition coefficient (Wildman–Crippen LogP) is 4.28. The number of aliphatic carboxylic acids is 1. The first kappa shape index (κ1) is 17.1. The lowest BCUT2D eigenvalue weighted by Gasteiger charge is -2.04. The first-order valence-corrected chi connectivity index (χ1v) is 8.31. The summed E-state index contributed by atoms with van der Waals surface area (Å²) in [6.45, 7) is 2.21. The second kappa shape index (κ2) is 9.03. The number of benzene rings is 1. The third-order valence-corrected chi connectivity index (χ3v) is 3.86. The maximum absolute atomic E-state index is 10.6. The molecule has 1 aromatic carbocycles. The van der Waals surface area contributed by atoms with Crippen molar-refractivity contribution in [3.05, 3.63) is 47.8 Å². The Morgan fingerprint density at radius 1 is 0.957 bits per heavy atom. The normalized spacial score (nSPS) is 10.7. The molecule has 4 nitrogen and oxygen atoms in total. The summed E-state index contributed by atoms with van der Waals surface area (Å²) in [5.41, 5.74) is 3.16. The smallest absolute Gasteiger partial charge is 0.303 e. The van der Waals surface area contributed by atoms with E-state index in [9.17, 15) is 4.79 Å². The zero-order valence-corrected chi connectivity index (χ0v) is 13.7. The lowest BCUT2D eigenvalue weighted by atomic mass is 10.1. The van der Waals surface area contributed by atoms with E-state index >= 15 is 0 Å². The first-order valence-electron chi connectivity index (χ1n) is 8.31. The highest BCUT2D eigenvalue weighted by Crippen LogP contribution is 2.17. The highest BCUT2D eigenvalue weighted by molar-refractivity contribution is 5.67. The van der Waals surface area contributed by atoms with Crippen molar-refractivity contribution < 1.29 is 9.90 Å². The fraction of sp³-hybridized carbons (Fsp3) is 0.421. The Kier molecular flexibility index (Phi) is 6.73. The molecule has 0 aliphatic heterocycles. The second-order valence-corrected chi connectivity index (χ2v) is 5.82. The van der Waals surface area contributed by atoms with Gasteiger partial charge < -0.3 is 5.11 Å². The van der Waals surface area contributed by atoms with E-state index in [4.69, 9.17) is 5.11 Å². The number of nitrogens with zero attached hydrogens (tertiary/aromatic N) is 2. The number of carboxylic acids is 1. The molecule has 4 heteroatoms. The number of carboxylic acid groups (broad SMARTS) is 1. The molecule has 0 bridgehead atoms. The molecule has 0 unspecified atom stereocenters. The van der Waals surface area contributed by atoms with E-state index in [-0.39, 0.29) is 6.42 Å². The summed E-state index contributed by atoms with van der Waals surface area (Å²) in [5, 5.41) is 8.70. The van der Waals surface area contributed by atoms with Crippen LogP contribution in [-0.2, 0) is 17.6 Å². The van der Waals surface area contributed by atoms with Crippen molar-refractivity contribution in [2.45, 2.75) is 51.9 Å². The summed E-state index contributed by atoms with van der Waals surface area (Å²) < 4.78 is 0. The maximum atomic E-state index is 10.6. The number of rotatable bonds is 9. The molecule has 1 heterocycles. The molecule has 2 aromatic rings. The lowest BCUT2D eigenvalue weighted by molar-refractivity contribution is -0.136. The van der Waals surface area contributed by atoms with Gasteiger partial charge in [0.1, 0.15) is 0 Å². The Balaban J connectivity index is 1.92. The quantitative estimate of drug-likeness (QED) is 0.702. The van der Waals surface area contributed by atoms with Crippen LogP contribution in [0.1, 0.15) is 50.2 Å². The van der Waals surface area contributed by atoms with Gasteiger partial charge in [0.15, 0.2) is 5.82 Å². The van der Waals surface area contributed by atoms with E-state index in [2.05, 4.69) is 16.9 Å². The Morgan fingerprint density at radius 3 is 2.26 bits per heavy atom. The zero-order chi connectivity index (χ0) is 16.5. The fourth-order valence-corrected chi connectivity index (χ4v) is 2.46. The summed E-state index contributed by atoms with van der Waals surface area (Å²) >= 11 is 0.